The van der Waals surface area contributed by atoms with E-state index in [4.69, 9.17) is 9.66 Å². The highest BCUT2D eigenvalue weighted by Crippen LogP contribution is 2.23. The Morgan fingerprint density at radius 3 is 2.44 bits per heavy atom. The van der Waals surface area contributed by atoms with Gasteiger partial charge < -0.3 is 10.4 Å². The summed E-state index contributed by atoms with van der Waals surface area (Å²) >= 11 is 0. The third-order valence-electron chi connectivity index (χ3n) is 1.83. The van der Waals surface area contributed by atoms with Crippen LogP contribution in [0.1, 0.15) is 0 Å². The molecule has 0 unspecified atom stereocenters. The maximum atomic E-state index is 10.9. The van der Waals surface area contributed by atoms with E-state index in [-0.39, 0.29) is 5.69 Å². The molecule has 18 heavy (non-hydrogen) atoms. The minimum atomic E-state index is -4.64. The van der Waals surface area contributed by atoms with Crippen molar-refractivity contribution >= 4 is 27.4 Å². The number of amides is 1. The van der Waals surface area contributed by atoms with E-state index in [2.05, 4.69) is 0 Å². The van der Waals surface area contributed by atoms with Crippen molar-refractivity contribution in [2.24, 2.45) is 0 Å². The third-order valence-corrected chi connectivity index (χ3v) is 2.66. The fourth-order valence-electron chi connectivity index (χ4n) is 1.11. The van der Waals surface area contributed by atoms with Gasteiger partial charge in [-0.25, -0.2) is 0 Å². The molecule has 0 bridgehead atoms. The van der Waals surface area contributed by atoms with Gasteiger partial charge in [-0.15, -0.1) is 0 Å². The first-order valence-electron chi connectivity index (χ1n) is 4.41. The summed E-state index contributed by atoms with van der Waals surface area (Å²) in [4.78, 5) is 19.8. The van der Waals surface area contributed by atoms with Crippen LogP contribution in [-0.4, -0.2) is 35.5 Å². The monoisotopic (exact) mass is 276 g/mol. The number of carbonyl (C=O) groups excluding carboxylic acids is 1. The Kier molecular flexibility index (Phi) is 3.96. The standard InChI is InChI=1S/C8H8N2O7S/c11-4-8(12)9-5-1-6(10(13)14)3-7(2-5)18(15,16)17/h1-3,11H,4H2,(H,9,12)(H,15,16,17). The molecule has 9 nitrogen and oxygen atoms in total. The summed E-state index contributed by atoms with van der Waals surface area (Å²) in [5, 5.41) is 21.1. The highest BCUT2D eigenvalue weighted by molar-refractivity contribution is 7.85. The third kappa shape index (κ3) is 3.48. The lowest BCUT2D eigenvalue weighted by atomic mass is 10.3. The highest BCUT2D eigenvalue weighted by atomic mass is 32.2. The van der Waals surface area contributed by atoms with Crippen LogP contribution in [0.3, 0.4) is 0 Å². The SMILES string of the molecule is O=C(CO)Nc1cc([N+](=O)[O-])cc(S(=O)(=O)O)c1. The number of nitrogens with zero attached hydrogens (tertiary/aromatic N) is 1. The first kappa shape index (κ1) is 14.0. The molecule has 98 valence electrons. The topological polar surface area (TPSA) is 147 Å². The maximum Gasteiger partial charge on any atom is 0.294 e. The number of nitrogens with one attached hydrogen (secondary N) is 1. The zero-order valence-electron chi connectivity index (χ0n) is 8.73. The lowest BCUT2D eigenvalue weighted by molar-refractivity contribution is -0.385. The van der Waals surface area contributed by atoms with Crippen LogP contribution in [0.2, 0.25) is 0 Å². The molecule has 0 aromatic heterocycles. The lowest BCUT2D eigenvalue weighted by Gasteiger charge is -2.05. The van der Waals surface area contributed by atoms with Gasteiger partial charge in [0.1, 0.15) is 11.5 Å². The zero-order valence-corrected chi connectivity index (χ0v) is 9.55. The van der Waals surface area contributed by atoms with E-state index in [0.29, 0.717) is 6.07 Å². The van der Waals surface area contributed by atoms with Crippen molar-refractivity contribution in [2.45, 2.75) is 4.90 Å². The molecule has 3 N–H and O–H groups in total. The van der Waals surface area contributed by atoms with Crippen LogP contribution in [0.25, 0.3) is 0 Å². The van der Waals surface area contributed by atoms with Gasteiger partial charge in [0.05, 0.1) is 4.92 Å². The van der Waals surface area contributed by atoms with Gasteiger partial charge in [-0.2, -0.15) is 8.42 Å². The van der Waals surface area contributed by atoms with Crippen LogP contribution in [-0.2, 0) is 14.9 Å². The summed E-state index contributed by atoms with van der Waals surface area (Å²) in [6.45, 7) is -0.871. The summed E-state index contributed by atoms with van der Waals surface area (Å²) in [6.07, 6.45) is 0. The number of hydrogen-bond acceptors (Lipinski definition) is 6. The van der Waals surface area contributed by atoms with E-state index in [0.717, 1.165) is 12.1 Å². The molecular weight excluding hydrogens is 268 g/mol. The first-order chi connectivity index (χ1) is 8.24. The minimum absolute atomic E-state index is 0.226. The van der Waals surface area contributed by atoms with Gasteiger partial charge >= 0.3 is 0 Å². The number of nitro groups is 1. The molecule has 0 saturated carbocycles. The average Bonchev–Trinajstić information content (AvgIpc) is 2.27. The molecule has 0 spiro atoms. The van der Waals surface area contributed by atoms with E-state index < -0.39 is 38.1 Å². The normalized spacial score (nSPS) is 11.0. The van der Waals surface area contributed by atoms with Crippen molar-refractivity contribution in [1.82, 2.24) is 0 Å². The molecule has 1 aromatic carbocycles. The van der Waals surface area contributed by atoms with Crippen LogP contribution in [0.4, 0.5) is 11.4 Å². The number of benzene rings is 1. The van der Waals surface area contributed by atoms with Crippen LogP contribution < -0.4 is 5.32 Å². The number of nitro benzene ring substituents is 1. The van der Waals surface area contributed by atoms with Gasteiger partial charge in [0.15, 0.2) is 0 Å². The minimum Gasteiger partial charge on any atom is -0.387 e. The van der Waals surface area contributed by atoms with Crippen molar-refractivity contribution in [2.75, 3.05) is 11.9 Å². The Bertz CT molecular complexity index is 595. The molecule has 0 aliphatic carbocycles. The molecular formula is C8H8N2O7S. The van der Waals surface area contributed by atoms with Crippen LogP contribution in [0, 0.1) is 10.1 Å². The lowest BCUT2D eigenvalue weighted by Crippen LogP contribution is -2.16. The van der Waals surface area contributed by atoms with E-state index in [1.807, 2.05) is 5.32 Å². The van der Waals surface area contributed by atoms with E-state index >= 15 is 0 Å². The van der Waals surface area contributed by atoms with Gasteiger partial charge in [0.2, 0.25) is 5.91 Å². The fourth-order valence-corrected chi connectivity index (χ4v) is 1.66. The molecule has 0 radical (unpaired) electrons. The predicted molar refractivity (Wildman–Crippen MR) is 58.6 cm³/mol. The Hall–Kier alpha value is -2.04. The Morgan fingerprint density at radius 2 is 2.00 bits per heavy atom. The second kappa shape index (κ2) is 5.08. The number of rotatable bonds is 4. The number of carbonyl (C=O) groups is 1. The maximum absolute atomic E-state index is 10.9. The summed E-state index contributed by atoms with van der Waals surface area (Å²) in [5.41, 5.74) is -0.853. The molecule has 1 rings (SSSR count). The number of anilines is 1. The molecule has 0 aliphatic rings. The van der Waals surface area contributed by atoms with Crippen molar-refractivity contribution in [3.05, 3.63) is 28.3 Å². The summed E-state index contributed by atoms with van der Waals surface area (Å²) < 4.78 is 30.6. The number of aliphatic hydroxyl groups excluding tert-OH is 1. The molecule has 10 heteroatoms. The molecule has 0 heterocycles. The highest BCUT2D eigenvalue weighted by Gasteiger charge is 2.18. The molecule has 0 fully saturated rings. The average molecular weight is 276 g/mol. The summed E-state index contributed by atoms with van der Waals surface area (Å²) in [7, 11) is -4.64. The summed E-state index contributed by atoms with van der Waals surface area (Å²) in [5.74, 6) is -0.878. The van der Waals surface area contributed by atoms with Gasteiger partial charge in [-0.05, 0) is 6.07 Å². The number of non-ortho nitro benzene ring substituents is 1. The van der Waals surface area contributed by atoms with Gasteiger partial charge in [0.25, 0.3) is 15.8 Å². The number of hydrogen-bond donors (Lipinski definition) is 3. The van der Waals surface area contributed by atoms with Crippen molar-refractivity contribution in [3.63, 3.8) is 0 Å². The van der Waals surface area contributed by atoms with E-state index in [9.17, 15) is 23.3 Å². The van der Waals surface area contributed by atoms with Crippen molar-refractivity contribution in [3.8, 4) is 0 Å². The van der Waals surface area contributed by atoms with Gasteiger partial charge in [-0.1, -0.05) is 0 Å². The van der Waals surface area contributed by atoms with Crippen molar-refractivity contribution in [1.29, 1.82) is 0 Å². The van der Waals surface area contributed by atoms with E-state index in [1.165, 1.54) is 0 Å². The molecule has 1 aromatic rings. The molecule has 0 saturated heterocycles. The van der Waals surface area contributed by atoms with Crippen molar-refractivity contribution < 1.29 is 27.8 Å². The molecule has 0 aliphatic heterocycles. The second-order valence-corrected chi connectivity index (χ2v) is 4.58. The van der Waals surface area contributed by atoms with Gasteiger partial charge in [0, 0.05) is 17.8 Å². The smallest absolute Gasteiger partial charge is 0.294 e. The molecule has 0 atom stereocenters. The van der Waals surface area contributed by atoms with Gasteiger partial charge in [-0.3, -0.25) is 19.5 Å². The van der Waals surface area contributed by atoms with Crippen LogP contribution in [0.15, 0.2) is 23.1 Å². The summed E-state index contributed by atoms with van der Waals surface area (Å²) in [6, 6.07) is 2.36. The van der Waals surface area contributed by atoms with Crippen LogP contribution >= 0.6 is 0 Å². The second-order valence-electron chi connectivity index (χ2n) is 3.15. The Morgan fingerprint density at radius 1 is 1.39 bits per heavy atom. The zero-order chi connectivity index (χ0) is 13.9. The van der Waals surface area contributed by atoms with E-state index in [1.54, 1.807) is 0 Å². The Labute approximate surface area is 101 Å². The largest absolute Gasteiger partial charge is 0.387 e. The number of aliphatic hydroxyl groups is 1. The molecule has 1 amide bonds. The Balaban J connectivity index is 3.31. The fraction of sp³-hybridized carbons (Fsp3) is 0.125. The first-order valence-corrected chi connectivity index (χ1v) is 5.85. The van der Waals surface area contributed by atoms with Crippen LogP contribution in [0.5, 0.6) is 0 Å². The quantitative estimate of drug-likeness (QED) is 0.391. The predicted octanol–water partition coefficient (Wildman–Crippen LogP) is -0.228.